The maximum Gasteiger partial charge on any atom is 0.275 e. The summed E-state index contributed by atoms with van der Waals surface area (Å²) in [7, 11) is -3.80. The quantitative estimate of drug-likeness (QED) is 0.475. The topological polar surface area (TPSA) is 110 Å². The number of aromatic nitrogens is 2. The molecule has 0 saturated heterocycles. The Balaban J connectivity index is 1.77. The molecule has 0 saturated carbocycles. The van der Waals surface area contributed by atoms with E-state index in [0.29, 0.717) is 17.7 Å². The summed E-state index contributed by atoms with van der Waals surface area (Å²) in [6.45, 7) is 3.93. The van der Waals surface area contributed by atoms with Crippen molar-refractivity contribution in [1.29, 1.82) is 0 Å². The number of sulfonamides is 1. The fourth-order valence-electron chi connectivity index (χ4n) is 3.34. The van der Waals surface area contributed by atoms with Crippen LogP contribution in [-0.4, -0.2) is 23.9 Å². The van der Waals surface area contributed by atoms with Gasteiger partial charge in [0.2, 0.25) is 15.9 Å². The van der Waals surface area contributed by atoms with E-state index in [-0.39, 0.29) is 30.4 Å². The lowest BCUT2D eigenvalue weighted by Gasteiger charge is -2.15. The zero-order valence-corrected chi connectivity index (χ0v) is 19.6. The molecular weight excluding hydrogens is 440 g/mol. The normalized spacial score (nSPS) is 11.2. The number of carbonyl (C=O) groups excluding carboxylic acids is 1. The molecule has 2 heterocycles. The molecular formula is C24H28N4O4S. The van der Waals surface area contributed by atoms with Gasteiger partial charge in [-0.15, -0.1) is 0 Å². The molecule has 2 aromatic heterocycles. The first-order chi connectivity index (χ1) is 15.8. The van der Waals surface area contributed by atoms with Gasteiger partial charge in [0.05, 0.1) is 5.75 Å². The number of anilines is 1. The molecule has 9 heteroatoms. The van der Waals surface area contributed by atoms with Crippen LogP contribution in [0.3, 0.4) is 0 Å². The van der Waals surface area contributed by atoms with Gasteiger partial charge in [-0.05, 0) is 42.7 Å². The molecule has 1 amide bonds. The van der Waals surface area contributed by atoms with E-state index in [1.165, 1.54) is 10.6 Å². The standard InChI is InChI=1S/C24H28N4O4S/c1-3-7-21-12-13-22(27-33(31,32)17-19-8-5-4-6-9-19)24(30)28(21)16-23(29)26-15-20-11-10-18(2)25-14-20/h4-6,8-14,27H,3,7,15-17H2,1-2H3,(H,26,29). The molecule has 0 spiro atoms. The van der Waals surface area contributed by atoms with Crippen molar-refractivity contribution in [1.82, 2.24) is 14.9 Å². The molecule has 33 heavy (non-hydrogen) atoms. The Kier molecular flexibility index (Phi) is 8.00. The number of nitrogens with one attached hydrogen (secondary N) is 2. The van der Waals surface area contributed by atoms with Gasteiger partial charge in [-0.25, -0.2) is 8.42 Å². The molecule has 8 nitrogen and oxygen atoms in total. The van der Waals surface area contributed by atoms with Crippen molar-refractivity contribution >= 4 is 21.6 Å². The SMILES string of the molecule is CCCc1ccc(NS(=O)(=O)Cc2ccccc2)c(=O)n1CC(=O)NCc1ccc(C)nc1. The van der Waals surface area contributed by atoms with Crippen molar-refractivity contribution in [3.63, 3.8) is 0 Å². The Morgan fingerprint density at radius 3 is 2.45 bits per heavy atom. The summed E-state index contributed by atoms with van der Waals surface area (Å²) in [6, 6.07) is 15.6. The molecule has 0 aliphatic carbocycles. The lowest BCUT2D eigenvalue weighted by Crippen LogP contribution is -2.35. The summed E-state index contributed by atoms with van der Waals surface area (Å²) in [5.41, 5.74) is 2.37. The van der Waals surface area contributed by atoms with Gasteiger partial charge in [-0.1, -0.05) is 49.7 Å². The Morgan fingerprint density at radius 2 is 1.79 bits per heavy atom. The predicted octanol–water partition coefficient (Wildman–Crippen LogP) is 2.76. The molecule has 0 bridgehead atoms. The third-order valence-corrected chi connectivity index (χ3v) is 6.24. The van der Waals surface area contributed by atoms with Crippen LogP contribution in [0.1, 0.15) is 35.9 Å². The molecule has 3 aromatic rings. The molecule has 0 aliphatic rings. The largest absolute Gasteiger partial charge is 0.350 e. The van der Waals surface area contributed by atoms with E-state index in [4.69, 9.17) is 0 Å². The minimum Gasteiger partial charge on any atom is -0.350 e. The van der Waals surface area contributed by atoms with Crippen LogP contribution in [0, 0.1) is 6.92 Å². The van der Waals surface area contributed by atoms with Crippen molar-refractivity contribution in [3.8, 4) is 0 Å². The number of hydrogen-bond acceptors (Lipinski definition) is 5. The lowest BCUT2D eigenvalue weighted by atomic mass is 10.2. The zero-order chi connectivity index (χ0) is 23.8. The third-order valence-electron chi connectivity index (χ3n) is 5.00. The highest BCUT2D eigenvalue weighted by Crippen LogP contribution is 2.12. The van der Waals surface area contributed by atoms with Crippen LogP contribution in [-0.2, 0) is 40.1 Å². The summed E-state index contributed by atoms with van der Waals surface area (Å²) in [5, 5.41) is 2.79. The first-order valence-corrected chi connectivity index (χ1v) is 12.4. The van der Waals surface area contributed by atoms with Crippen molar-refractivity contribution < 1.29 is 13.2 Å². The van der Waals surface area contributed by atoms with Gasteiger partial charge in [0, 0.05) is 24.1 Å². The first kappa shape index (κ1) is 24.2. The zero-order valence-electron chi connectivity index (χ0n) is 18.7. The second kappa shape index (κ2) is 10.9. The van der Waals surface area contributed by atoms with E-state index in [0.717, 1.165) is 17.7 Å². The maximum atomic E-state index is 13.1. The Bertz CT molecular complexity index is 1250. The van der Waals surface area contributed by atoms with Crippen LogP contribution in [0.5, 0.6) is 0 Å². The summed E-state index contributed by atoms with van der Waals surface area (Å²) in [5.74, 6) is -0.603. The van der Waals surface area contributed by atoms with Crippen LogP contribution < -0.4 is 15.6 Å². The van der Waals surface area contributed by atoms with Crippen molar-refractivity contribution in [3.05, 3.63) is 93.7 Å². The second-order valence-electron chi connectivity index (χ2n) is 7.81. The van der Waals surface area contributed by atoms with E-state index in [1.807, 2.05) is 26.0 Å². The number of aryl methyl sites for hydroxylation is 2. The highest BCUT2D eigenvalue weighted by Gasteiger charge is 2.17. The summed E-state index contributed by atoms with van der Waals surface area (Å²) >= 11 is 0. The summed E-state index contributed by atoms with van der Waals surface area (Å²) < 4.78 is 28.9. The second-order valence-corrected chi connectivity index (χ2v) is 9.53. The third kappa shape index (κ3) is 7.01. The van der Waals surface area contributed by atoms with Gasteiger partial charge in [0.15, 0.2) is 0 Å². The number of amides is 1. The monoisotopic (exact) mass is 468 g/mol. The molecule has 3 rings (SSSR count). The van der Waals surface area contributed by atoms with Gasteiger partial charge in [-0.3, -0.25) is 19.3 Å². The molecule has 0 fully saturated rings. The van der Waals surface area contributed by atoms with Gasteiger partial charge in [0.25, 0.3) is 5.56 Å². The van der Waals surface area contributed by atoms with Gasteiger partial charge in [0.1, 0.15) is 12.2 Å². The van der Waals surface area contributed by atoms with Gasteiger partial charge in [-0.2, -0.15) is 0 Å². The number of rotatable bonds is 10. The fraction of sp³-hybridized carbons (Fsp3) is 0.292. The average Bonchev–Trinajstić information content (AvgIpc) is 2.78. The number of pyridine rings is 2. The lowest BCUT2D eigenvalue weighted by molar-refractivity contribution is -0.121. The van der Waals surface area contributed by atoms with E-state index in [9.17, 15) is 18.0 Å². The van der Waals surface area contributed by atoms with E-state index in [1.54, 1.807) is 42.6 Å². The smallest absolute Gasteiger partial charge is 0.275 e. The van der Waals surface area contributed by atoms with Crippen molar-refractivity contribution in [2.24, 2.45) is 0 Å². The van der Waals surface area contributed by atoms with Crippen LogP contribution in [0.4, 0.5) is 5.69 Å². The molecule has 2 N–H and O–H groups in total. The number of nitrogens with zero attached hydrogens (tertiary/aromatic N) is 2. The minimum atomic E-state index is -3.80. The first-order valence-electron chi connectivity index (χ1n) is 10.7. The van der Waals surface area contributed by atoms with Crippen molar-refractivity contribution in [2.75, 3.05) is 4.72 Å². The Labute approximate surface area is 193 Å². The summed E-state index contributed by atoms with van der Waals surface area (Å²) in [4.78, 5) is 29.9. The van der Waals surface area contributed by atoms with E-state index < -0.39 is 15.6 Å². The molecule has 0 radical (unpaired) electrons. The number of benzene rings is 1. The minimum absolute atomic E-state index is 0.0821. The number of hydrogen-bond donors (Lipinski definition) is 2. The van der Waals surface area contributed by atoms with Crippen LogP contribution in [0.2, 0.25) is 0 Å². The molecule has 0 atom stereocenters. The van der Waals surface area contributed by atoms with Crippen LogP contribution in [0.25, 0.3) is 0 Å². The molecule has 1 aromatic carbocycles. The van der Waals surface area contributed by atoms with Gasteiger partial charge >= 0.3 is 0 Å². The number of carbonyl (C=O) groups is 1. The molecule has 0 unspecified atom stereocenters. The average molecular weight is 469 g/mol. The van der Waals surface area contributed by atoms with Crippen molar-refractivity contribution in [2.45, 2.75) is 45.5 Å². The fourth-order valence-corrected chi connectivity index (χ4v) is 4.54. The van der Waals surface area contributed by atoms with E-state index >= 15 is 0 Å². The Hall–Kier alpha value is -3.46. The van der Waals surface area contributed by atoms with Crippen LogP contribution >= 0.6 is 0 Å². The molecule has 0 aliphatic heterocycles. The maximum absolute atomic E-state index is 13.1. The Morgan fingerprint density at radius 1 is 1.03 bits per heavy atom. The van der Waals surface area contributed by atoms with E-state index in [2.05, 4.69) is 15.0 Å². The van der Waals surface area contributed by atoms with Crippen LogP contribution in [0.15, 0.2) is 65.6 Å². The van der Waals surface area contributed by atoms with Gasteiger partial charge < -0.3 is 9.88 Å². The highest BCUT2D eigenvalue weighted by molar-refractivity contribution is 7.91. The predicted molar refractivity (Wildman–Crippen MR) is 128 cm³/mol. The highest BCUT2D eigenvalue weighted by atomic mass is 32.2. The molecule has 174 valence electrons. The summed E-state index contributed by atoms with van der Waals surface area (Å²) in [6.07, 6.45) is 3.04.